The molecular weight excluding hydrogens is 438 g/mol. The van der Waals surface area contributed by atoms with Crippen LogP contribution in [0.2, 0.25) is 0 Å². The average Bonchev–Trinajstić information content (AvgIpc) is 2.72. The molecule has 3 aromatic rings. The van der Waals surface area contributed by atoms with Crippen molar-refractivity contribution >= 4 is 33.0 Å². The van der Waals surface area contributed by atoms with Crippen LogP contribution >= 0.6 is 15.9 Å². The SMILES string of the molecule is COc1cc(OC)c(OC)cc1C=Nn1c(C(C)C)nc2ccc(Br)cc2c1=O. The zero-order valence-electron chi connectivity index (χ0n) is 16.9. The quantitative estimate of drug-likeness (QED) is 0.516. The summed E-state index contributed by atoms with van der Waals surface area (Å²) < 4.78 is 18.2. The van der Waals surface area contributed by atoms with Gasteiger partial charge in [-0.1, -0.05) is 29.8 Å². The summed E-state index contributed by atoms with van der Waals surface area (Å²) in [4.78, 5) is 17.8. The molecule has 0 atom stereocenters. The molecule has 0 radical (unpaired) electrons. The van der Waals surface area contributed by atoms with Gasteiger partial charge in [0, 0.05) is 22.0 Å². The molecular formula is C21H22BrN3O4. The average molecular weight is 460 g/mol. The van der Waals surface area contributed by atoms with Gasteiger partial charge in [0.2, 0.25) is 0 Å². The lowest BCUT2D eigenvalue weighted by Crippen LogP contribution is -2.23. The minimum absolute atomic E-state index is 0.000181. The number of nitrogens with zero attached hydrogens (tertiary/aromatic N) is 3. The third-order valence-electron chi connectivity index (χ3n) is 4.40. The van der Waals surface area contributed by atoms with Crippen LogP contribution in [0.4, 0.5) is 0 Å². The highest BCUT2D eigenvalue weighted by atomic mass is 79.9. The van der Waals surface area contributed by atoms with E-state index < -0.39 is 0 Å². The highest BCUT2D eigenvalue weighted by molar-refractivity contribution is 9.10. The number of aromatic nitrogens is 2. The number of ether oxygens (including phenoxy) is 3. The topological polar surface area (TPSA) is 74.9 Å². The molecule has 8 heteroatoms. The zero-order valence-corrected chi connectivity index (χ0v) is 18.5. The highest BCUT2D eigenvalue weighted by Gasteiger charge is 2.15. The molecule has 0 N–H and O–H groups in total. The lowest BCUT2D eigenvalue weighted by atomic mass is 10.2. The fourth-order valence-electron chi connectivity index (χ4n) is 2.92. The molecule has 152 valence electrons. The van der Waals surface area contributed by atoms with Gasteiger partial charge in [-0.2, -0.15) is 9.78 Å². The monoisotopic (exact) mass is 459 g/mol. The smallest absolute Gasteiger partial charge is 0.282 e. The van der Waals surface area contributed by atoms with E-state index in [0.29, 0.717) is 39.5 Å². The Kier molecular flexibility index (Phi) is 6.22. The Morgan fingerprint density at radius 2 is 1.69 bits per heavy atom. The van der Waals surface area contributed by atoms with Crippen molar-refractivity contribution < 1.29 is 14.2 Å². The van der Waals surface area contributed by atoms with Crippen molar-refractivity contribution in [1.29, 1.82) is 0 Å². The highest BCUT2D eigenvalue weighted by Crippen LogP contribution is 2.33. The number of methoxy groups -OCH3 is 3. The van der Waals surface area contributed by atoms with Crippen molar-refractivity contribution in [3.8, 4) is 17.2 Å². The van der Waals surface area contributed by atoms with E-state index in [1.807, 2.05) is 26.0 Å². The summed E-state index contributed by atoms with van der Waals surface area (Å²) in [6.07, 6.45) is 1.56. The fraction of sp³-hybridized carbons (Fsp3) is 0.286. The van der Waals surface area contributed by atoms with Crippen LogP contribution in [-0.4, -0.2) is 37.2 Å². The van der Waals surface area contributed by atoms with Crippen LogP contribution in [0.1, 0.15) is 31.2 Å². The molecule has 0 bridgehead atoms. The summed E-state index contributed by atoms with van der Waals surface area (Å²) in [5.41, 5.74) is 1.04. The Morgan fingerprint density at radius 3 is 2.31 bits per heavy atom. The van der Waals surface area contributed by atoms with Crippen LogP contribution in [0.3, 0.4) is 0 Å². The van der Waals surface area contributed by atoms with E-state index in [1.54, 1.807) is 45.7 Å². The summed E-state index contributed by atoms with van der Waals surface area (Å²) in [7, 11) is 4.66. The van der Waals surface area contributed by atoms with E-state index in [4.69, 9.17) is 14.2 Å². The third-order valence-corrected chi connectivity index (χ3v) is 4.89. The Balaban J connectivity index is 2.19. The number of hydrogen-bond donors (Lipinski definition) is 0. The first-order valence-corrected chi connectivity index (χ1v) is 9.75. The minimum Gasteiger partial charge on any atom is -0.496 e. The van der Waals surface area contributed by atoms with E-state index in [-0.39, 0.29) is 11.5 Å². The van der Waals surface area contributed by atoms with Crippen LogP contribution in [0.5, 0.6) is 17.2 Å². The molecule has 0 aliphatic rings. The molecule has 1 aromatic heterocycles. The van der Waals surface area contributed by atoms with E-state index in [0.717, 1.165) is 4.47 Å². The van der Waals surface area contributed by atoms with Gasteiger partial charge in [0.1, 0.15) is 11.6 Å². The van der Waals surface area contributed by atoms with Crippen LogP contribution in [0.25, 0.3) is 10.9 Å². The molecule has 0 aliphatic heterocycles. The van der Waals surface area contributed by atoms with Gasteiger partial charge in [0.15, 0.2) is 11.5 Å². The lowest BCUT2D eigenvalue weighted by Gasteiger charge is -2.13. The molecule has 0 saturated carbocycles. The first-order valence-electron chi connectivity index (χ1n) is 8.96. The van der Waals surface area contributed by atoms with E-state index in [9.17, 15) is 4.79 Å². The van der Waals surface area contributed by atoms with Gasteiger partial charge < -0.3 is 14.2 Å². The van der Waals surface area contributed by atoms with Gasteiger partial charge in [-0.15, -0.1) is 0 Å². The molecule has 0 spiro atoms. The van der Waals surface area contributed by atoms with E-state index >= 15 is 0 Å². The predicted molar refractivity (Wildman–Crippen MR) is 117 cm³/mol. The van der Waals surface area contributed by atoms with Crippen molar-refractivity contribution in [3.05, 3.63) is 56.5 Å². The second kappa shape index (κ2) is 8.65. The van der Waals surface area contributed by atoms with E-state index in [1.165, 1.54) is 4.68 Å². The van der Waals surface area contributed by atoms with Crippen molar-refractivity contribution in [2.45, 2.75) is 19.8 Å². The molecule has 1 heterocycles. The third kappa shape index (κ3) is 4.12. The van der Waals surface area contributed by atoms with Crippen LogP contribution in [0, 0.1) is 0 Å². The van der Waals surface area contributed by atoms with Gasteiger partial charge in [-0.05, 0) is 24.3 Å². The molecule has 0 unspecified atom stereocenters. The van der Waals surface area contributed by atoms with Gasteiger partial charge in [-0.3, -0.25) is 4.79 Å². The van der Waals surface area contributed by atoms with Crippen molar-refractivity contribution in [2.24, 2.45) is 5.10 Å². The Bertz CT molecular complexity index is 1140. The number of benzene rings is 2. The maximum atomic E-state index is 13.1. The maximum Gasteiger partial charge on any atom is 0.282 e. The molecule has 2 aromatic carbocycles. The van der Waals surface area contributed by atoms with Crippen LogP contribution in [0.15, 0.2) is 44.7 Å². The van der Waals surface area contributed by atoms with Gasteiger partial charge in [-0.25, -0.2) is 4.98 Å². The summed E-state index contributed by atoms with van der Waals surface area (Å²) in [6.45, 7) is 3.94. The lowest BCUT2D eigenvalue weighted by molar-refractivity contribution is 0.349. The maximum absolute atomic E-state index is 13.1. The van der Waals surface area contributed by atoms with Gasteiger partial charge in [0.25, 0.3) is 5.56 Å². The standard InChI is InChI=1S/C21H22BrN3O4/c1-12(2)20-24-16-7-6-14(22)9-15(16)21(26)25(20)23-11-13-8-18(28-4)19(29-5)10-17(13)27-3/h6-12H,1-5H3. The summed E-state index contributed by atoms with van der Waals surface area (Å²) in [5, 5.41) is 4.93. The van der Waals surface area contributed by atoms with E-state index in [2.05, 4.69) is 26.0 Å². The summed E-state index contributed by atoms with van der Waals surface area (Å²) in [6, 6.07) is 8.88. The first-order chi connectivity index (χ1) is 13.9. The van der Waals surface area contributed by atoms with Crippen molar-refractivity contribution in [3.63, 3.8) is 0 Å². The normalized spacial score (nSPS) is 11.4. The molecule has 0 fully saturated rings. The Morgan fingerprint density at radius 1 is 1.03 bits per heavy atom. The van der Waals surface area contributed by atoms with Gasteiger partial charge in [0.05, 0.1) is 38.4 Å². The molecule has 0 aliphatic carbocycles. The second-order valence-electron chi connectivity index (χ2n) is 6.60. The first kappa shape index (κ1) is 20.9. The molecule has 0 amide bonds. The Hall–Kier alpha value is -2.87. The molecule has 29 heavy (non-hydrogen) atoms. The van der Waals surface area contributed by atoms with Crippen LogP contribution < -0.4 is 19.8 Å². The number of halogens is 1. The molecule has 0 saturated heterocycles. The molecule has 7 nitrogen and oxygen atoms in total. The number of fused-ring (bicyclic) bond motifs is 1. The predicted octanol–water partition coefficient (Wildman–Crippen LogP) is 4.19. The second-order valence-corrected chi connectivity index (χ2v) is 7.51. The zero-order chi connectivity index (χ0) is 21.1. The largest absolute Gasteiger partial charge is 0.496 e. The van der Waals surface area contributed by atoms with Gasteiger partial charge >= 0.3 is 0 Å². The van der Waals surface area contributed by atoms with Crippen molar-refractivity contribution in [1.82, 2.24) is 9.66 Å². The number of hydrogen-bond acceptors (Lipinski definition) is 6. The Labute approximate surface area is 177 Å². The minimum atomic E-state index is -0.240. The van der Waals surface area contributed by atoms with Crippen LogP contribution in [-0.2, 0) is 0 Å². The molecule has 3 rings (SSSR count). The van der Waals surface area contributed by atoms with Crippen molar-refractivity contribution in [2.75, 3.05) is 21.3 Å². The summed E-state index contributed by atoms with van der Waals surface area (Å²) >= 11 is 3.41. The summed E-state index contributed by atoms with van der Waals surface area (Å²) in [5.74, 6) is 2.19. The number of rotatable bonds is 6. The fourth-order valence-corrected chi connectivity index (χ4v) is 3.29.